The number of rotatable bonds is 4. The Balaban J connectivity index is 1.11. The third-order valence-electron chi connectivity index (χ3n) is 11.7. The van der Waals surface area contributed by atoms with Gasteiger partial charge in [0.15, 0.2) is 17.5 Å². The summed E-state index contributed by atoms with van der Waals surface area (Å²) in [6, 6.07) is 63.0. The summed E-state index contributed by atoms with van der Waals surface area (Å²) in [6.07, 6.45) is 0. The molecule has 6 heteroatoms. The zero-order chi connectivity index (χ0) is 37.2. The minimum absolute atomic E-state index is 0.627. The molecule has 0 aliphatic heterocycles. The van der Waals surface area contributed by atoms with Gasteiger partial charge in [-0.1, -0.05) is 115 Å². The number of hydrogen-bond acceptors (Lipinski definition) is 4. The van der Waals surface area contributed by atoms with Gasteiger partial charge >= 0.3 is 0 Å². The van der Waals surface area contributed by atoms with E-state index in [9.17, 15) is 0 Å². The summed E-state index contributed by atoms with van der Waals surface area (Å²) in [7, 11) is 0. The van der Waals surface area contributed by atoms with Crippen LogP contribution < -0.4 is 0 Å². The third kappa shape index (κ3) is 4.30. The van der Waals surface area contributed by atoms with Crippen LogP contribution in [0.15, 0.2) is 176 Å². The van der Waals surface area contributed by atoms with Gasteiger partial charge in [-0.2, -0.15) is 0 Å². The summed E-state index contributed by atoms with van der Waals surface area (Å²) in [5.74, 6) is 1.91. The Morgan fingerprint density at radius 2 is 0.965 bits per heavy atom. The lowest BCUT2D eigenvalue weighted by atomic mass is 10.0. The smallest absolute Gasteiger partial charge is 0.166 e. The van der Waals surface area contributed by atoms with Crippen LogP contribution in [0.25, 0.3) is 120 Å². The fourth-order valence-corrected chi connectivity index (χ4v) is 10.4. The molecule has 0 radical (unpaired) electrons. The van der Waals surface area contributed by atoms with Crippen molar-refractivity contribution in [3.63, 3.8) is 0 Å². The largest absolute Gasteiger partial charge is 0.308 e. The second-order valence-electron chi connectivity index (χ2n) is 14.8. The predicted octanol–water partition coefficient (Wildman–Crippen LogP) is 13.5. The van der Waals surface area contributed by atoms with Crippen LogP contribution >= 0.6 is 11.3 Å². The molecule has 5 aromatic heterocycles. The molecule has 13 aromatic rings. The van der Waals surface area contributed by atoms with Crippen molar-refractivity contribution in [3.05, 3.63) is 176 Å². The van der Waals surface area contributed by atoms with Crippen LogP contribution in [0.4, 0.5) is 0 Å². The normalized spacial score (nSPS) is 12.2. The summed E-state index contributed by atoms with van der Waals surface area (Å²) in [6.45, 7) is 0. The van der Waals surface area contributed by atoms with E-state index in [1.54, 1.807) is 0 Å². The van der Waals surface area contributed by atoms with Crippen molar-refractivity contribution in [2.75, 3.05) is 0 Å². The van der Waals surface area contributed by atoms with Gasteiger partial charge < -0.3 is 8.97 Å². The van der Waals surface area contributed by atoms with E-state index in [4.69, 9.17) is 15.0 Å². The summed E-state index contributed by atoms with van der Waals surface area (Å²) >= 11 is 1.81. The van der Waals surface area contributed by atoms with Crippen molar-refractivity contribution in [2.24, 2.45) is 0 Å². The molecular formula is C51H29N5S. The quantitative estimate of drug-likeness (QED) is 0.180. The number of aromatic nitrogens is 5. The van der Waals surface area contributed by atoms with Crippen LogP contribution in [0.3, 0.4) is 0 Å². The average molecular weight is 744 g/mol. The summed E-state index contributed by atoms with van der Waals surface area (Å²) < 4.78 is 7.42. The maximum atomic E-state index is 5.31. The van der Waals surface area contributed by atoms with E-state index < -0.39 is 0 Å². The Morgan fingerprint density at radius 1 is 0.368 bits per heavy atom. The first-order chi connectivity index (χ1) is 28.3. The first-order valence-electron chi connectivity index (χ1n) is 19.2. The van der Waals surface area contributed by atoms with Gasteiger partial charge in [-0.05, 0) is 66.0 Å². The third-order valence-corrected chi connectivity index (χ3v) is 12.9. The molecule has 0 spiro atoms. The first-order valence-corrected chi connectivity index (χ1v) is 20.0. The number of nitrogens with zero attached hydrogens (tertiary/aromatic N) is 5. The van der Waals surface area contributed by atoms with E-state index in [-0.39, 0.29) is 0 Å². The van der Waals surface area contributed by atoms with Gasteiger partial charge in [-0.15, -0.1) is 11.3 Å². The summed E-state index contributed by atoms with van der Waals surface area (Å²) in [5.41, 5.74) is 9.77. The lowest BCUT2D eigenvalue weighted by Gasteiger charge is -2.15. The summed E-state index contributed by atoms with van der Waals surface area (Å²) in [4.78, 5) is 15.7. The van der Waals surface area contributed by atoms with Gasteiger partial charge in [0, 0.05) is 63.8 Å². The topological polar surface area (TPSA) is 48.0 Å². The van der Waals surface area contributed by atoms with E-state index in [2.05, 4.69) is 167 Å². The highest BCUT2D eigenvalue weighted by Gasteiger charge is 2.24. The van der Waals surface area contributed by atoms with Crippen molar-refractivity contribution in [3.8, 4) is 39.9 Å². The molecule has 0 amide bonds. The molecule has 0 N–H and O–H groups in total. The van der Waals surface area contributed by atoms with E-state index in [1.807, 2.05) is 29.5 Å². The average Bonchev–Trinajstić information content (AvgIpc) is 3.91. The van der Waals surface area contributed by atoms with Gasteiger partial charge in [0.05, 0.1) is 33.3 Å². The lowest BCUT2D eigenvalue weighted by Crippen LogP contribution is -2.03. The first kappa shape index (κ1) is 30.9. The van der Waals surface area contributed by atoms with E-state index >= 15 is 0 Å². The molecule has 0 unspecified atom stereocenters. The Labute approximate surface area is 329 Å². The van der Waals surface area contributed by atoms with E-state index in [1.165, 1.54) is 69.0 Å². The van der Waals surface area contributed by atoms with Crippen LogP contribution in [0.1, 0.15) is 0 Å². The number of hydrogen-bond donors (Lipinski definition) is 0. The van der Waals surface area contributed by atoms with Crippen LogP contribution in [-0.4, -0.2) is 23.9 Å². The van der Waals surface area contributed by atoms with Crippen molar-refractivity contribution in [2.45, 2.75) is 0 Å². The predicted molar refractivity (Wildman–Crippen MR) is 238 cm³/mol. The number of thiophene rings is 1. The monoisotopic (exact) mass is 743 g/mol. The highest BCUT2D eigenvalue weighted by Crippen LogP contribution is 2.45. The van der Waals surface area contributed by atoms with Gasteiger partial charge in [0.1, 0.15) is 0 Å². The van der Waals surface area contributed by atoms with Crippen LogP contribution in [0.5, 0.6) is 0 Å². The molecule has 5 nitrogen and oxygen atoms in total. The van der Waals surface area contributed by atoms with Crippen LogP contribution in [0, 0.1) is 0 Å². The van der Waals surface area contributed by atoms with Crippen molar-refractivity contribution >= 4 is 91.4 Å². The van der Waals surface area contributed by atoms with Gasteiger partial charge in [-0.25, -0.2) is 15.0 Å². The number of fused-ring (bicyclic) bond motifs is 8. The molecule has 0 aliphatic carbocycles. The molecule has 0 saturated heterocycles. The fraction of sp³-hybridized carbons (Fsp3) is 0. The standard InChI is InChI=1S/C51H29N5S/c1-2-13-30(14-3-1)49-52-50(31-27-28-45-38(29-31)33-16-6-9-26-44(33)57-45)54-51(53-49)37-17-5-8-22-40(37)55-41-23-11-18-34-36-20-10-19-35-32-15-4-7-21-39(32)56(48(35)36)43-25-12-24-42(55)47(43)46(34)41/h1-29H. The highest BCUT2D eigenvalue weighted by atomic mass is 32.1. The van der Waals surface area contributed by atoms with Crippen molar-refractivity contribution < 1.29 is 0 Å². The molecular weight excluding hydrogens is 715 g/mol. The van der Waals surface area contributed by atoms with Crippen LogP contribution in [0.2, 0.25) is 0 Å². The fourth-order valence-electron chi connectivity index (χ4n) is 9.31. The van der Waals surface area contributed by atoms with Gasteiger partial charge in [-0.3, -0.25) is 0 Å². The second-order valence-corrected chi connectivity index (χ2v) is 15.8. The zero-order valence-corrected chi connectivity index (χ0v) is 31.2. The Bertz CT molecular complexity index is 3760. The van der Waals surface area contributed by atoms with E-state index in [0.717, 1.165) is 33.4 Å². The molecule has 264 valence electrons. The lowest BCUT2D eigenvalue weighted by molar-refractivity contribution is 1.06. The molecule has 0 bridgehead atoms. The SMILES string of the molecule is c1ccc(-c2nc(-c3ccc4sc5ccccc5c4c3)nc(-c3ccccc3-n3c4cccc5c6cccc7c8ccccc8n(c8cccc3c8c54)c67)n2)cc1. The Kier molecular flexibility index (Phi) is 6.26. The Morgan fingerprint density at radius 3 is 1.86 bits per heavy atom. The molecule has 5 heterocycles. The molecule has 0 fully saturated rings. The Hall–Kier alpha value is -7.41. The van der Waals surface area contributed by atoms with Crippen LogP contribution in [-0.2, 0) is 0 Å². The molecule has 0 aliphatic rings. The van der Waals surface area contributed by atoms with Gasteiger partial charge in [0.2, 0.25) is 0 Å². The molecule has 13 rings (SSSR count). The molecule has 57 heavy (non-hydrogen) atoms. The molecule has 0 atom stereocenters. The maximum absolute atomic E-state index is 5.31. The number of benzene rings is 8. The van der Waals surface area contributed by atoms with Gasteiger partial charge in [0.25, 0.3) is 0 Å². The molecule has 0 saturated carbocycles. The second kappa shape index (κ2) is 11.6. The van der Waals surface area contributed by atoms with E-state index in [0.29, 0.717) is 17.5 Å². The summed E-state index contributed by atoms with van der Waals surface area (Å²) in [5, 5.41) is 9.94. The van der Waals surface area contributed by atoms with Crippen molar-refractivity contribution in [1.82, 2.24) is 23.9 Å². The minimum atomic E-state index is 0.627. The minimum Gasteiger partial charge on any atom is -0.308 e. The van der Waals surface area contributed by atoms with Crippen molar-refractivity contribution in [1.29, 1.82) is 0 Å². The molecule has 8 aromatic carbocycles. The zero-order valence-electron chi connectivity index (χ0n) is 30.4. The maximum Gasteiger partial charge on any atom is 0.166 e. The highest BCUT2D eigenvalue weighted by molar-refractivity contribution is 7.25. The number of para-hydroxylation sites is 3.